The Bertz CT molecular complexity index is 529. The minimum absolute atomic E-state index is 0.140. The molecule has 3 nitrogen and oxygen atoms in total. The number of hydrogen-bond donors (Lipinski definition) is 0. The van der Waals surface area contributed by atoms with Gasteiger partial charge in [0.2, 0.25) is 0 Å². The number of sulfone groups is 1. The molecule has 0 aromatic heterocycles. The van der Waals surface area contributed by atoms with Crippen molar-refractivity contribution in [1.82, 2.24) is 4.90 Å². The van der Waals surface area contributed by atoms with Gasteiger partial charge in [-0.15, -0.1) is 0 Å². The molecule has 1 aliphatic rings. The highest BCUT2D eigenvalue weighted by Crippen LogP contribution is 2.23. The lowest BCUT2D eigenvalue weighted by Crippen LogP contribution is -2.25. The summed E-state index contributed by atoms with van der Waals surface area (Å²) < 4.78 is 24.6. The first kappa shape index (κ1) is 14.1. The Morgan fingerprint density at radius 1 is 1.16 bits per heavy atom. The Hall–Kier alpha value is -1.29. The number of nitrogens with zero attached hydrogens (tertiary/aromatic N) is 1. The van der Waals surface area contributed by atoms with E-state index in [4.69, 9.17) is 0 Å². The van der Waals surface area contributed by atoms with E-state index in [1.165, 1.54) is 6.42 Å². The fourth-order valence-electron chi connectivity index (χ4n) is 2.31. The first-order valence-electron chi connectivity index (χ1n) is 6.87. The standard InChI is InChI=1S/C15H21NO2S/c1-2-19(17,18)15(14-9-5-3-6-10-14)13-16-11-7-4-8-12-16/h3,5-6,9-10,13H,2,4,7-8,11-12H2,1H3/b15-13+. The molecule has 1 saturated heterocycles. The smallest absolute Gasteiger partial charge is 0.180 e. The highest BCUT2D eigenvalue weighted by atomic mass is 32.2. The molecular formula is C15H21NO2S. The zero-order chi connectivity index (χ0) is 13.7. The summed E-state index contributed by atoms with van der Waals surface area (Å²) in [4.78, 5) is 2.59. The molecule has 0 bridgehead atoms. The third-order valence-electron chi connectivity index (χ3n) is 3.46. The normalized spacial score (nSPS) is 17.5. The minimum atomic E-state index is -3.19. The molecule has 4 heteroatoms. The second kappa shape index (κ2) is 6.24. The number of rotatable bonds is 4. The van der Waals surface area contributed by atoms with Crippen LogP contribution in [0.15, 0.2) is 36.5 Å². The fraction of sp³-hybridized carbons (Fsp3) is 0.467. The van der Waals surface area contributed by atoms with Crippen molar-refractivity contribution in [1.29, 1.82) is 0 Å². The molecule has 19 heavy (non-hydrogen) atoms. The van der Waals surface area contributed by atoms with Crippen molar-refractivity contribution in [2.24, 2.45) is 0 Å². The average molecular weight is 279 g/mol. The maximum Gasteiger partial charge on any atom is 0.180 e. The SMILES string of the molecule is CCS(=O)(=O)/C(=C/N1CCCCC1)c1ccccc1. The lowest BCUT2D eigenvalue weighted by Gasteiger charge is -2.26. The summed E-state index contributed by atoms with van der Waals surface area (Å²) >= 11 is 0. The molecule has 0 amide bonds. The molecule has 0 N–H and O–H groups in total. The van der Waals surface area contributed by atoms with Gasteiger partial charge < -0.3 is 4.90 Å². The van der Waals surface area contributed by atoms with Crippen LogP contribution >= 0.6 is 0 Å². The molecule has 104 valence electrons. The molecule has 1 aliphatic heterocycles. The first-order valence-corrected chi connectivity index (χ1v) is 8.53. The van der Waals surface area contributed by atoms with Crippen molar-refractivity contribution in [2.75, 3.05) is 18.8 Å². The van der Waals surface area contributed by atoms with Crippen LogP contribution in [0.2, 0.25) is 0 Å². The van der Waals surface area contributed by atoms with E-state index < -0.39 is 9.84 Å². The average Bonchev–Trinajstić information content (AvgIpc) is 2.46. The monoisotopic (exact) mass is 279 g/mol. The molecule has 0 saturated carbocycles. The van der Waals surface area contributed by atoms with Gasteiger partial charge in [-0.25, -0.2) is 8.42 Å². The van der Waals surface area contributed by atoms with Crippen LogP contribution < -0.4 is 0 Å². The number of likely N-dealkylation sites (tertiary alicyclic amines) is 1. The van der Waals surface area contributed by atoms with E-state index in [1.807, 2.05) is 36.5 Å². The van der Waals surface area contributed by atoms with Crippen molar-refractivity contribution in [3.63, 3.8) is 0 Å². The molecule has 1 heterocycles. The molecule has 0 spiro atoms. The van der Waals surface area contributed by atoms with Gasteiger partial charge in [0, 0.05) is 19.3 Å². The number of benzene rings is 1. The van der Waals surface area contributed by atoms with E-state index in [1.54, 1.807) is 6.92 Å². The summed E-state index contributed by atoms with van der Waals surface area (Å²) in [6.45, 7) is 3.60. The maximum absolute atomic E-state index is 12.3. The van der Waals surface area contributed by atoms with E-state index in [0.717, 1.165) is 31.5 Å². The van der Waals surface area contributed by atoms with Crippen molar-refractivity contribution in [3.8, 4) is 0 Å². The predicted octanol–water partition coefficient (Wildman–Crippen LogP) is 2.91. The topological polar surface area (TPSA) is 37.4 Å². The summed E-state index contributed by atoms with van der Waals surface area (Å²) in [5, 5.41) is 0. The lowest BCUT2D eigenvalue weighted by atomic mass is 10.1. The Morgan fingerprint density at radius 3 is 2.37 bits per heavy atom. The molecule has 0 aliphatic carbocycles. The minimum Gasteiger partial charge on any atom is -0.376 e. The van der Waals surface area contributed by atoms with Crippen LogP contribution in [-0.2, 0) is 9.84 Å². The van der Waals surface area contributed by atoms with Crippen molar-refractivity contribution >= 4 is 14.7 Å². The summed E-state index contributed by atoms with van der Waals surface area (Å²) in [6.07, 6.45) is 5.37. The third-order valence-corrected chi connectivity index (χ3v) is 5.24. The van der Waals surface area contributed by atoms with Gasteiger partial charge in [0.15, 0.2) is 9.84 Å². The fourth-order valence-corrected chi connectivity index (χ4v) is 3.42. The summed E-state index contributed by atoms with van der Waals surface area (Å²) in [6, 6.07) is 9.39. The zero-order valence-electron chi connectivity index (χ0n) is 11.4. The van der Waals surface area contributed by atoms with Crippen LogP contribution in [0.5, 0.6) is 0 Å². The molecule has 1 aromatic rings. The predicted molar refractivity (Wildman–Crippen MR) is 79.3 cm³/mol. The van der Waals surface area contributed by atoms with Crippen molar-refractivity contribution < 1.29 is 8.42 Å². The Kier molecular flexibility index (Phi) is 4.64. The summed E-state index contributed by atoms with van der Waals surface area (Å²) in [5.74, 6) is 0.140. The van der Waals surface area contributed by atoms with E-state index in [-0.39, 0.29) is 5.75 Å². The Balaban J connectivity index is 2.37. The van der Waals surface area contributed by atoms with Crippen LogP contribution in [-0.4, -0.2) is 32.2 Å². The van der Waals surface area contributed by atoms with Gasteiger partial charge in [-0.3, -0.25) is 0 Å². The Labute approximate surface area is 115 Å². The van der Waals surface area contributed by atoms with Gasteiger partial charge in [0.05, 0.1) is 10.7 Å². The van der Waals surface area contributed by atoms with Gasteiger partial charge >= 0.3 is 0 Å². The number of piperidine rings is 1. The molecule has 0 radical (unpaired) electrons. The molecular weight excluding hydrogens is 258 g/mol. The quantitative estimate of drug-likeness (QED) is 0.850. The van der Waals surface area contributed by atoms with Gasteiger partial charge in [-0.2, -0.15) is 0 Å². The van der Waals surface area contributed by atoms with E-state index in [0.29, 0.717) is 4.91 Å². The summed E-state index contributed by atoms with van der Waals surface area (Å²) in [5.41, 5.74) is 0.787. The second-order valence-corrected chi connectivity index (χ2v) is 7.11. The van der Waals surface area contributed by atoms with Crippen LogP contribution in [0, 0.1) is 0 Å². The molecule has 0 atom stereocenters. The molecule has 2 rings (SSSR count). The summed E-state index contributed by atoms with van der Waals surface area (Å²) in [7, 11) is -3.19. The zero-order valence-corrected chi connectivity index (χ0v) is 12.2. The van der Waals surface area contributed by atoms with Crippen molar-refractivity contribution in [3.05, 3.63) is 42.1 Å². The van der Waals surface area contributed by atoms with Crippen LogP contribution in [0.4, 0.5) is 0 Å². The molecule has 1 fully saturated rings. The van der Waals surface area contributed by atoms with Crippen LogP contribution in [0.25, 0.3) is 4.91 Å². The van der Waals surface area contributed by atoms with Crippen LogP contribution in [0.1, 0.15) is 31.7 Å². The second-order valence-electron chi connectivity index (χ2n) is 4.86. The maximum atomic E-state index is 12.3. The highest BCUT2D eigenvalue weighted by molar-refractivity contribution is 8.00. The first-order chi connectivity index (χ1) is 9.13. The van der Waals surface area contributed by atoms with Gasteiger partial charge in [0.1, 0.15) is 0 Å². The van der Waals surface area contributed by atoms with E-state index in [2.05, 4.69) is 4.90 Å². The van der Waals surface area contributed by atoms with Crippen LogP contribution in [0.3, 0.4) is 0 Å². The van der Waals surface area contributed by atoms with Gasteiger partial charge in [-0.1, -0.05) is 37.3 Å². The lowest BCUT2D eigenvalue weighted by molar-refractivity contribution is 0.311. The van der Waals surface area contributed by atoms with Crippen molar-refractivity contribution in [2.45, 2.75) is 26.2 Å². The largest absolute Gasteiger partial charge is 0.376 e. The van der Waals surface area contributed by atoms with Gasteiger partial charge in [0.25, 0.3) is 0 Å². The van der Waals surface area contributed by atoms with E-state index in [9.17, 15) is 8.42 Å². The number of hydrogen-bond acceptors (Lipinski definition) is 3. The Morgan fingerprint density at radius 2 is 1.79 bits per heavy atom. The third kappa shape index (κ3) is 3.60. The van der Waals surface area contributed by atoms with E-state index >= 15 is 0 Å². The highest BCUT2D eigenvalue weighted by Gasteiger charge is 2.19. The molecule has 1 aromatic carbocycles. The van der Waals surface area contributed by atoms with Gasteiger partial charge in [-0.05, 0) is 24.8 Å². The molecule has 0 unspecified atom stereocenters.